The predicted octanol–water partition coefficient (Wildman–Crippen LogP) is 3.43. The van der Waals surface area contributed by atoms with Gasteiger partial charge in [-0.3, -0.25) is 19.6 Å². The number of carbonyl (C=O) groups excluding carboxylic acids is 1. The van der Waals surface area contributed by atoms with E-state index in [1.54, 1.807) is 24.3 Å². The molecule has 2 aromatic heterocycles. The molecule has 4 aromatic rings. The molecule has 2 heterocycles. The number of hydrogen-bond donors (Lipinski definition) is 1. The summed E-state index contributed by atoms with van der Waals surface area (Å²) in [6.07, 6.45) is 2.20. The smallest absolute Gasteiger partial charge is 0.307 e. The van der Waals surface area contributed by atoms with Crippen LogP contribution in [0, 0.1) is 21.7 Å². The van der Waals surface area contributed by atoms with Crippen LogP contribution in [0.3, 0.4) is 0 Å². The van der Waals surface area contributed by atoms with Crippen molar-refractivity contribution in [1.29, 1.82) is 0 Å². The van der Waals surface area contributed by atoms with Gasteiger partial charge < -0.3 is 9.84 Å². The molecule has 156 valence electrons. The van der Waals surface area contributed by atoms with Gasteiger partial charge in [0, 0.05) is 11.3 Å². The van der Waals surface area contributed by atoms with Gasteiger partial charge in [0.25, 0.3) is 5.89 Å². The molecule has 12 heteroatoms. The van der Waals surface area contributed by atoms with Crippen molar-refractivity contribution in [2.75, 3.05) is 5.32 Å². The highest BCUT2D eigenvalue weighted by molar-refractivity contribution is 5.90. The highest BCUT2D eigenvalue weighted by Gasteiger charge is 2.18. The molecule has 0 aliphatic heterocycles. The molecule has 0 saturated heterocycles. The molecule has 2 aromatic carbocycles. The maximum Gasteiger partial charge on any atom is 0.307 e. The predicted molar refractivity (Wildman–Crippen MR) is 103 cm³/mol. The summed E-state index contributed by atoms with van der Waals surface area (Å²) >= 11 is 0. The third kappa shape index (κ3) is 4.27. The van der Waals surface area contributed by atoms with Crippen molar-refractivity contribution < 1.29 is 23.0 Å². The Kier molecular flexibility index (Phi) is 5.18. The zero-order valence-electron chi connectivity index (χ0n) is 15.5. The first kappa shape index (κ1) is 19.8. The van der Waals surface area contributed by atoms with Crippen molar-refractivity contribution in [3.05, 3.63) is 76.6 Å². The lowest BCUT2D eigenvalue weighted by atomic mass is 10.2. The highest BCUT2D eigenvalue weighted by atomic mass is 19.1. The molecule has 0 spiro atoms. The minimum absolute atomic E-state index is 0.111. The first-order valence-corrected chi connectivity index (χ1v) is 8.76. The van der Waals surface area contributed by atoms with Gasteiger partial charge in [-0.1, -0.05) is 11.2 Å². The molecule has 31 heavy (non-hydrogen) atoms. The normalized spacial score (nSPS) is 10.8. The lowest BCUT2D eigenvalue weighted by Crippen LogP contribution is -2.18. The molecule has 0 aliphatic rings. The number of nitro groups is 1. The third-order valence-electron chi connectivity index (χ3n) is 4.17. The topological polar surface area (TPSA) is 129 Å². The number of hydrogen-bond acceptors (Lipinski definition) is 7. The summed E-state index contributed by atoms with van der Waals surface area (Å²) < 4.78 is 33.9. The minimum Gasteiger partial charge on any atom is -0.333 e. The van der Waals surface area contributed by atoms with Crippen molar-refractivity contribution in [3.63, 3.8) is 0 Å². The van der Waals surface area contributed by atoms with Crippen LogP contribution in [-0.2, 0) is 11.3 Å². The minimum atomic E-state index is -0.823. The van der Waals surface area contributed by atoms with Gasteiger partial charge in [0.05, 0.1) is 4.92 Å². The van der Waals surface area contributed by atoms with Crippen LogP contribution < -0.4 is 5.32 Å². The van der Waals surface area contributed by atoms with E-state index < -0.39 is 28.0 Å². The summed E-state index contributed by atoms with van der Waals surface area (Å²) in [7, 11) is 0. The zero-order valence-corrected chi connectivity index (χ0v) is 15.5. The second-order valence-electron chi connectivity index (χ2n) is 6.30. The third-order valence-corrected chi connectivity index (χ3v) is 4.17. The number of carbonyl (C=O) groups is 1. The Balaban J connectivity index is 1.44. The Morgan fingerprint density at radius 2 is 1.87 bits per heavy atom. The molecule has 0 radical (unpaired) electrons. The molecule has 0 unspecified atom stereocenters. The van der Waals surface area contributed by atoms with Crippen LogP contribution in [0.4, 0.5) is 20.2 Å². The van der Waals surface area contributed by atoms with E-state index in [1.165, 1.54) is 6.07 Å². The monoisotopic (exact) mass is 426 g/mol. The lowest BCUT2D eigenvalue weighted by Gasteiger charge is -2.05. The van der Waals surface area contributed by atoms with Crippen molar-refractivity contribution in [2.45, 2.75) is 6.54 Å². The standard InChI is InChI=1S/C19H12F2N6O4/c20-14-2-1-3-15(21)17(14)19-24-18(25-31-19)11-4-6-12(7-5-11)23-16(28)10-26-9-13(8-22-26)27(29)30/h1-9H,10H2,(H,23,28). The lowest BCUT2D eigenvalue weighted by molar-refractivity contribution is -0.385. The molecule has 0 aliphatic carbocycles. The fraction of sp³-hybridized carbons (Fsp3) is 0.0526. The number of anilines is 1. The molecular formula is C19H12F2N6O4. The second-order valence-corrected chi connectivity index (χ2v) is 6.30. The Morgan fingerprint density at radius 1 is 1.16 bits per heavy atom. The van der Waals surface area contributed by atoms with E-state index in [9.17, 15) is 23.7 Å². The van der Waals surface area contributed by atoms with Crippen LogP contribution in [-0.4, -0.2) is 30.8 Å². The quantitative estimate of drug-likeness (QED) is 0.369. The summed E-state index contributed by atoms with van der Waals surface area (Å²) in [6.45, 7) is -0.210. The zero-order chi connectivity index (χ0) is 22.0. The molecule has 0 bridgehead atoms. The van der Waals surface area contributed by atoms with Gasteiger partial charge in [-0.05, 0) is 36.4 Å². The van der Waals surface area contributed by atoms with Gasteiger partial charge in [0.1, 0.15) is 36.1 Å². The summed E-state index contributed by atoms with van der Waals surface area (Å²) in [4.78, 5) is 26.2. The summed E-state index contributed by atoms with van der Waals surface area (Å²) in [6, 6.07) is 9.70. The van der Waals surface area contributed by atoms with E-state index in [1.807, 2.05) is 0 Å². The number of aromatic nitrogens is 4. The van der Waals surface area contributed by atoms with E-state index in [0.29, 0.717) is 11.3 Å². The summed E-state index contributed by atoms with van der Waals surface area (Å²) in [5.41, 5.74) is 0.308. The van der Waals surface area contributed by atoms with Crippen LogP contribution >= 0.6 is 0 Å². The van der Waals surface area contributed by atoms with Crippen molar-refractivity contribution in [3.8, 4) is 22.8 Å². The molecule has 1 N–H and O–H groups in total. The number of nitrogens with one attached hydrogen (secondary N) is 1. The van der Waals surface area contributed by atoms with Gasteiger partial charge in [0.2, 0.25) is 11.7 Å². The van der Waals surface area contributed by atoms with Crippen molar-refractivity contribution in [2.24, 2.45) is 0 Å². The fourth-order valence-electron chi connectivity index (χ4n) is 2.73. The van der Waals surface area contributed by atoms with Crippen LogP contribution in [0.1, 0.15) is 0 Å². The van der Waals surface area contributed by atoms with E-state index in [0.717, 1.165) is 29.2 Å². The SMILES string of the molecule is O=C(Cn1cc([N+](=O)[O-])cn1)Nc1ccc(-c2noc(-c3c(F)cccc3F)n2)cc1. The average molecular weight is 426 g/mol. The van der Waals surface area contributed by atoms with E-state index >= 15 is 0 Å². The van der Waals surface area contributed by atoms with Gasteiger partial charge in [0.15, 0.2) is 0 Å². The number of halogens is 2. The van der Waals surface area contributed by atoms with Crippen LogP contribution in [0.25, 0.3) is 22.8 Å². The van der Waals surface area contributed by atoms with Crippen LogP contribution in [0.5, 0.6) is 0 Å². The Labute approximate surface area is 172 Å². The van der Waals surface area contributed by atoms with E-state index in [4.69, 9.17) is 4.52 Å². The van der Waals surface area contributed by atoms with Gasteiger partial charge in [-0.15, -0.1) is 0 Å². The molecular weight excluding hydrogens is 414 g/mol. The van der Waals surface area contributed by atoms with Crippen molar-refractivity contribution in [1.82, 2.24) is 19.9 Å². The summed E-state index contributed by atoms with van der Waals surface area (Å²) in [5.74, 6) is -2.27. The largest absolute Gasteiger partial charge is 0.333 e. The second kappa shape index (κ2) is 8.10. The maximum atomic E-state index is 13.9. The van der Waals surface area contributed by atoms with Gasteiger partial charge >= 0.3 is 5.69 Å². The number of nitrogens with zero attached hydrogens (tertiary/aromatic N) is 5. The van der Waals surface area contributed by atoms with Crippen molar-refractivity contribution >= 4 is 17.3 Å². The number of rotatable bonds is 6. The Bertz CT molecular complexity index is 1250. The first-order chi connectivity index (χ1) is 14.9. The van der Waals surface area contributed by atoms with Gasteiger partial charge in [-0.25, -0.2) is 8.78 Å². The molecule has 4 rings (SSSR count). The fourth-order valence-corrected chi connectivity index (χ4v) is 2.73. The average Bonchev–Trinajstić information content (AvgIpc) is 3.39. The molecule has 0 saturated carbocycles. The molecule has 10 nitrogen and oxygen atoms in total. The number of benzene rings is 2. The highest BCUT2D eigenvalue weighted by Crippen LogP contribution is 2.27. The molecule has 0 fully saturated rings. The maximum absolute atomic E-state index is 13.9. The van der Waals surface area contributed by atoms with E-state index in [2.05, 4.69) is 20.6 Å². The molecule has 0 atom stereocenters. The van der Waals surface area contributed by atoms with Crippen LogP contribution in [0.2, 0.25) is 0 Å². The summed E-state index contributed by atoms with van der Waals surface area (Å²) in [5, 5.41) is 20.8. The molecule has 1 amide bonds. The first-order valence-electron chi connectivity index (χ1n) is 8.76. The Hall–Kier alpha value is -4.48. The van der Waals surface area contributed by atoms with Gasteiger partial charge in [-0.2, -0.15) is 10.1 Å². The van der Waals surface area contributed by atoms with Crippen LogP contribution in [0.15, 0.2) is 59.4 Å². The number of amides is 1. The Morgan fingerprint density at radius 3 is 2.52 bits per heavy atom. The van der Waals surface area contributed by atoms with E-state index in [-0.39, 0.29) is 23.9 Å².